The van der Waals surface area contributed by atoms with Crippen LogP contribution in [-0.2, 0) is 10.2 Å². The molecule has 2 aromatic heterocycles. The fourth-order valence-electron chi connectivity index (χ4n) is 3.83. The summed E-state index contributed by atoms with van der Waals surface area (Å²) in [6.45, 7) is 4.10. The SMILES string of the molecule is Cc1cc(Nc2ccc(F)cn2)cc([C@H]2CCN(S(=O)(=O)N3CCCC3)C2)n1. The van der Waals surface area contributed by atoms with Crippen molar-refractivity contribution in [3.63, 3.8) is 0 Å². The number of aryl methyl sites for hydroxylation is 1. The van der Waals surface area contributed by atoms with Crippen LogP contribution in [0.5, 0.6) is 0 Å². The van der Waals surface area contributed by atoms with Gasteiger partial charge in [0.25, 0.3) is 10.2 Å². The Morgan fingerprint density at radius 3 is 2.64 bits per heavy atom. The number of anilines is 2. The van der Waals surface area contributed by atoms with Crippen LogP contribution in [0.25, 0.3) is 0 Å². The second-order valence-electron chi connectivity index (χ2n) is 7.37. The first-order valence-electron chi connectivity index (χ1n) is 9.54. The Bertz CT molecular complexity index is 945. The maximum absolute atomic E-state index is 13.0. The zero-order valence-corrected chi connectivity index (χ0v) is 16.6. The summed E-state index contributed by atoms with van der Waals surface area (Å²) in [5, 5.41) is 3.16. The molecule has 2 saturated heterocycles. The summed E-state index contributed by atoms with van der Waals surface area (Å²) in [6, 6.07) is 6.74. The van der Waals surface area contributed by atoms with E-state index in [1.807, 2.05) is 19.1 Å². The van der Waals surface area contributed by atoms with Gasteiger partial charge in [0.05, 0.1) is 6.20 Å². The summed E-state index contributed by atoms with van der Waals surface area (Å²) in [7, 11) is -3.37. The third-order valence-electron chi connectivity index (χ3n) is 5.26. The van der Waals surface area contributed by atoms with E-state index in [1.165, 1.54) is 6.07 Å². The topological polar surface area (TPSA) is 78.4 Å². The number of rotatable bonds is 5. The van der Waals surface area contributed by atoms with Gasteiger partial charge in [-0.05, 0) is 50.5 Å². The summed E-state index contributed by atoms with van der Waals surface area (Å²) in [5.74, 6) is 0.212. The van der Waals surface area contributed by atoms with Crippen molar-refractivity contribution >= 4 is 21.7 Å². The largest absolute Gasteiger partial charge is 0.340 e. The van der Waals surface area contributed by atoms with Crippen LogP contribution in [0, 0.1) is 12.7 Å². The van der Waals surface area contributed by atoms with Crippen molar-refractivity contribution in [2.45, 2.75) is 32.1 Å². The van der Waals surface area contributed by atoms with Gasteiger partial charge >= 0.3 is 0 Å². The molecule has 2 aromatic rings. The average Bonchev–Trinajstić information content (AvgIpc) is 3.36. The van der Waals surface area contributed by atoms with Crippen LogP contribution in [0.1, 0.15) is 36.6 Å². The molecule has 0 aliphatic carbocycles. The van der Waals surface area contributed by atoms with Gasteiger partial charge in [-0.15, -0.1) is 0 Å². The number of nitrogens with zero attached hydrogens (tertiary/aromatic N) is 4. The van der Waals surface area contributed by atoms with Crippen molar-refractivity contribution in [1.29, 1.82) is 0 Å². The molecule has 150 valence electrons. The number of hydrogen-bond acceptors (Lipinski definition) is 5. The Morgan fingerprint density at radius 1 is 1.14 bits per heavy atom. The molecule has 2 aliphatic rings. The number of hydrogen-bond donors (Lipinski definition) is 1. The predicted molar refractivity (Wildman–Crippen MR) is 105 cm³/mol. The van der Waals surface area contributed by atoms with Gasteiger partial charge < -0.3 is 5.32 Å². The predicted octanol–water partition coefficient (Wildman–Crippen LogP) is 2.80. The molecule has 9 heteroatoms. The molecule has 1 N–H and O–H groups in total. The molecule has 7 nitrogen and oxygen atoms in total. The minimum absolute atomic E-state index is 0.0546. The summed E-state index contributed by atoms with van der Waals surface area (Å²) in [6.07, 6.45) is 3.78. The highest BCUT2D eigenvalue weighted by atomic mass is 32.2. The van der Waals surface area contributed by atoms with Crippen LogP contribution in [0.15, 0.2) is 30.5 Å². The van der Waals surface area contributed by atoms with Crippen molar-refractivity contribution < 1.29 is 12.8 Å². The van der Waals surface area contributed by atoms with Gasteiger partial charge in [-0.2, -0.15) is 17.0 Å². The maximum Gasteiger partial charge on any atom is 0.281 e. The first kappa shape index (κ1) is 19.2. The van der Waals surface area contributed by atoms with Gasteiger partial charge in [0.2, 0.25) is 0 Å². The Morgan fingerprint density at radius 2 is 1.93 bits per heavy atom. The van der Waals surface area contributed by atoms with Crippen molar-refractivity contribution in [3.8, 4) is 0 Å². The van der Waals surface area contributed by atoms with Gasteiger partial charge in [0.15, 0.2) is 0 Å². The van der Waals surface area contributed by atoms with E-state index in [2.05, 4.69) is 15.3 Å². The molecule has 0 unspecified atom stereocenters. The van der Waals surface area contributed by atoms with E-state index in [1.54, 1.807) is 14.7 Å². The van der Waals surface area contributed by atoms with Gasteiger partial charge in [-0.1, -0.05) is 0 Å². The molecule has 2 fully saturated rings. The lowest BCUT2D eigenvalue weighted by Crippen LogP contribution is -2.41. The minimum Gasteiger partial charge on any atom is -0.340 e. The summed E-state index contributed by atoms with van der Waals surface area (Å²) >= 11 is 0. The van der Waals surface area contributed by atoms with E-state index >= 15 is 0 Å². The van der Waals surface area contributed by atoms with Gasteiger partial charge in [0, 0.05) is 49.2 Å². The Balaban J connectivity index is 1.50. The van der Waals surface area contributed by atoms with Crippen molar-refractivity contribution in [1.82, 2.24) is 18.6 Å². The molecule has 0 amide bonds. The number of pyridine rings is 2. The summed E-state index contributed by atoms with van der Waals surface area (Å²) in [5.41, 5.74) is 2.51. The van der Waals surface area contributed by atoms with Crippen LogP contribution in [-0.4, -0.2) is 53.2 Å². The van der Waals surface area contributed by atoms with Gasteiger partial charge in [-0.25, -0.2) is 9.37 Å². The molecule has 4 rings (SSSR count). The normalized spacial score (nSPS) is 21.3. The number of halogens is 1. The van der Waals surface area contributed by atoms with E-state index < -0.39 is 10.2 Å². The highest BCUT2D eigenvalue weighted by Gasteiger charge is 2.37. The molecular weight excluding hydrogens is 381 g/mol. The Kier molecular flexibility index (Phi) is 5.31. The number of nitrogens with one attached hydrogen (secondary N) is 1. The fraction of sp³-hybridized carbons (Fsp3) is 0.474. The summed E-state index contributed by atoms with van der Waals surface area (Å²) in [4.78, 5) is 8.65. The highest BCUT2D eigenvalue weighted by Crippen LogP contribution is 2.31. The lowest BCUT2D eigenvalue weighted by molar-refractivity contribution is 0.395. The third-order valence-corrected chi connectivity index (χ3v) is 7.26. The van der Waals surface area contributed by atoms with Crippen LogP contribution in [0.3, 0.4) is 0 Å². The molecule has 2 aliphatic heterocycles. The number of aromatic nitrogens is 2. The Labute approximate surface area is 164 Å². The standard InChI is InChI=1S/C19H24FN5O2S/c1-14-10-17(23-19-5-4-16(20)12-21-19)11-18(22-14)15-6-9-25(13-15)28(26,27)24-7-2-3-8-24/h4-5,10-12,15H,2-3,6-9,13H2,1H3,(H,21,22,23)/t15-/m0/s1. The van der Waals surface area contributed by atoms with E-state index in [4.69, 9.17) is 0 Å². The molecule has 0 bridgehead atoms. The lowest BCUT2D eigenvalue weighted by atomic mass is 10.0. The van der Waals surface area contributed by atoms with Gasteiger partial charge in [0.1, 0.15) is 11.6 Å². The molecule has 0 spiro atoms. The quantitative estimate of drug-likeness (QED) is 0.828. The minimum atomic E-state index is -3.37. The zero-order chi connectivity index (χ0) is 19.7. The molecule has 0 saturated carbocycles. The van der Waals surface area contributed by atoms with Crippen LogP contribution in [0.4, 0.5) is 15.9 Å². The average molecular weight is 405 g/mol. The molecule has 1 atom stereocenters. The summed E-state index contributed by atoms with van der Waals surface area (Å²) < 4.78 is 41.8. The smallest absolute Gasteiger partial charge is 0.281 e. The van der Waals surface area contributed by atoms with Gasteiger partial charge in [-0.3, -0.25) is 4.98 Å². The molecule has 4 heterocycles. The van der Waals surface area contributed by atoms with Crippen LogP contribution in [0.2, 0.25) is 0 Å². The van der Waals surface area contributed by atoms with E-state index in [9.17, 15) is 12.8 Å². The van der Waals surface area contributed by atoms with Crippen LogP contribution < -0.4 is 5.32 Å². The second-order valence-corrected chi connectivity index (χ2v) is 9.29. The lowest BCUT2D eigenvalue weighted by Gasteiger charge is -2.23. The van der Waals surface area contributed by atoms with Crippen molar-refractivity contribution in [3.05, 3.63) is 47.7 Å². The molecular formula is C19H24FN5O2S. The van der Waals surface area contributed by atoms with Crippen molar-refractivity contribution in [2.24, 2.45) is 0 Å². The molecule has 0 aromatic carbocycles. The monoisotopic (exact) mass is 405 g/mol. The first-order valence-corrected chi connectivity index (χ1v) is 10.9. The van der Waals surface area contributed by atoms with E-state index in [0.29, 0.717) is 32.0 Å². The Hall–Kier alpha value is -2.10. The maximum atomic E-state index is 13.0. The van der Waals surface area contributed by atoms with Crippen molar-refractivity contribution in [2.75, 3.05) is 31.5 Å². The molecule has 0 radical (unpaired) electrons. The second kappa shape index (κ2) is 7.73. The highest BCUT2D eigenvalue weighted by molar-refractivity contribution is 7.86. The third kappa shape index (κ3) is 4.01. The van der Waals surface area contributed by atoms with E-state index in [-0.39, 0.29) is 11.7 Å². The van der Waals surface area contributed by atoms with Crippen LogP contribution >= 0.6 is 0 Å². The molecule has 28 heavy (non-hydrogen) atoms. The van der Waals surface area contributed by atoms with E-state index in [0.717, 1.165) is 42.5 Å². The first-order chi connectivity index (χ1) is 13.4. The zero-order valence-electron chi connectivity index (χ0n) is 15.8. The fourth-order valence-corrected chi connectivity index (χ4v) is 5.59.